The minimum absolute atomic E-state index is 0.103. The number of hydrogen-bond donors (Lipinski definition) is 2. The van der Waals surface area contributed by atoms with Gasteiger partial charge in [-0.15, -0.1) is 0 Å². The van der Waals surface area contributed by atoms with E-state index in [1.165, 1.54) is 0 Å². The molecule has 0 spiro atoms. The molecule has 4 atom stereocenters. The van der Waals surface area contributed by atoms with E-state index < -0.39 is 24.1 Å². The van der Waals surface area contributed by atoms with Crippen molar-refractivity contribution >= 4 is 5.91 Å². The highest BCUT2D eigenvalue weighted by Gasteiger charge is 2.46. The van der Waals surface area contributed by atoms with Gasteiger partial charge >= 0.3 is 6.18 Å². The van der Waals surface area contributed by atoms with Crippen LogP contribution < -0.4 is 10.6 Å². The van der Waals surface area contributed by atoms with E-state index in [9.17, 15) is 18.0 Å². The Labute approximate surface area is 122 Å². The van der Waals surface area contributed by atoms with Gasteiger partial charge in [0, 0.05) is 12.1 Å². The number of halogens is 3. The summed E-state index contributed by atoms with van der Waals surface area (Å²) in [5, 5.41) is 5.77. The van der Waals surface area contributed by atoms with Crippen molar-refractivity contribution < 1.29 is 22.7 Å². The summed E-state index contributed by atoms with van der Waals surface area (Å²) in [5.41, 5.74) is 0. The number of carbonyl (C=O) groups is 1. The van der Waals surface area contributed by atoms with Gasteiger partial charge in [-0.05, 0) is 19.4 Å². The molecule has 1 amide bonds. The summed E-state index contributed by atoms with van der Waals surface area (Å²) in [7, 11) is 0. The fourth-order valence-corrected chi connectivity index (χ4v) is 3.26. The molecule has 21 heavy (non-hydrogen) atoms. The Morgan fingerprint density at radius 1 is 1.19 bits per heavy atom. The van der Waals surface area contributed by atoms with Gasteiger partial charge < -0.3 is 15.4 Å². The van der Waals surface area contributed by atoms with Gasteiger partial charge in [-0.25, -0.2) is 0 Å². The van der Waals surface area contributed by atoms with Crippen LogP contribution in [-0.4, -0.2) is 43.9 Å². The van der Waals surface area contributed by atoms with Crippen LogP contribution in [0.5, 0.6) is 0 Å². The number of likely N-dealkylation sites (N-methyl/N-ethyl adjacent to an activating group) is 1. The molecule has 1 aliphatic carbocycles. The predicted molar refractivity (Wildman–Crippen MR) is 71.7 cm³/mol. The van der Waals surface area contributed by atoms with Crippen LogP contribution >= 0.6 is 0 Å². The van der Waals surface area contributed by atoms with Crippen LogP contribution in [0.15, 0.2) is 0 Å². The van der Waals surface area contributed by atoms with Gasteiger partial charge in [-0.1, -0.05) is 19.8 Å². The maximum absolute atomic E-state index is 13.0. The second kappa shape index (κ2) is 6.96. The third-order valence-corrected chi connectivity index (χ3v) is 4.40. The third-order valence-electron chi connectivity index (χ3n) is 4.40. The lowest BCUT2D eigenvalue weighted by Crippen LogP contribution is -2.52. The van der Waals surface area contributed by atoms with Crippen molar-refractivity contribution in [1.29, 1.82) is 0 Å². The van der Waals surface area contributed by atoms with Crippen LogP contribution in [0.1, 0.15) is 32.6 Å². The quantitative estimate of drug-likeness (QED) is 0.833. The molecule has 1 saturated carbocycles. The van der Waals surface area contributed by atoms with Crippen LogP contribution in [0.25, 0.3) is 0 Å². The summed E-state index contributed by atoms with van der Waals surface area (Å²) in [4.78, 5) is 12.3. The monoisotopic (exact) mass is 308 g/mol. The Morgan fingerprint density at radius 3 is 2.57 bits per heavy atom. The summed E-state index contributed by atoms with van der Waals surface area (Å²) in [6.07, 6.45) is -2.44. The molecule has 1 heterocycles. The maximum Gasteiger partial charge on any atom is 0.393 e. The molecule has 1 aliphatic heterocycles. The van der Waals surface area contributed by atoms with Crippen molar-refractivity contribution in [3.8, 4) is 0 Å². The molecule has 122 valence electrons. The highest BCUT2D eigenvalue weighted by atomic mass is 19.4. The number of rotatable bonds is 4. The van der Waals surface area contributed by atoms with Crippen LogP contribution in [0.2, 0.25) is 0 Å². The standard InChI is InChI=1S/C14H23F3N2O2/c1-2-18-12-8-21-7-9(12)13(20)19-11-6-4-3-5-10(11)14(15,16)17/h9-12,18H,2-8H2,1H3,(H,19,20). The molecule has 0 bridgehead atoms. The lowest BCUT2D eigenvalue weighted by molar-refractivity contribution is -0.189. The summed E-state index contributed by atoms with van der Waals surface area (Å²) in [5.74, 6) is -2.14. The Hall–Kier alpha value is -0.820. The first-order valence-electron chi connectivity index (χ1n) is 7.61. The fraction of sp³-hybridized carbons (Fsp3) is 0.929. The van der Waals surface area contributed by atoms with Gasteiger partial charge in [0.05, 0.1) is 25.0 Å². The van der Waals surface area contributed by atoms with Crippen LogP contribution in [0.3, 0.4) is 0 Å². The van der Waals surface area contributed by atoms with Gasteiger partial charge in [0.25, 0.3) is 0 Å². The normalized spacial score (nSPS) is 33.9. The van der Waals surface area contributed by atoms with Crippen molar-refractivity contribution in [3.63, 3.8) is 0 Å². The van der Waals surface area contributed by atoms with Gasteiger partial charge in [-0.2, -0.15) is 13.2 Å². The van der Waals surface area contributed by atoms with E-state index in [0.717, 1.165) is 6.42 Å². The molecule has 0 radical (unpaired) electrons. The molecular weight excluding hydrogens is 285 g/mol. The molecule has 0 aromatic rings. The molecule has 1 saturated heterocycles. The van der Waals surface area contributed by atoms with E-state index in [1.807, 2.05) is 6.92 Å². The van der Waals surface area contributed by atoms with Crippen molar-refractivity contribution in [2.75, 3.05) is 19.8 Å². The first-order chi connectivity index (χ1) is 9.93. The Bertz CT molecular complexity index is 363. The van der Waals surface area contributed by atoms with E-state index in [1.54, 1.807) is 0 Å². The zero-order valence-electron chi connectivity index (χ0n) is 12.2. The summed E-state index contributed by atoms with van der Waals surface area (Å²) in [6.45, 7) is 3.33. The molecule has 4 nitrogen and oxygen atoms in total. The van der Waals surface area contributed by atoms with E-state index >= 15 is 0 Å². The second-order valence-electron chi connectivity index (χ2n) is 5.86. The van der Waals surface area contributed by atoms with Gasteiger partial charge in [0.2, 0.25) is 5.91 Å². The molecular formula is C14H23F3N2O2. The van der Waals surface area contributed by atoms with Gasteiger partial charge in [-0.3, -0.25) is 4.79 Å². The molecule has 4 unspecified atom stereocenters. The predicted octanol–water partition coefficient (Wildman–Crippen LogP) is 1.85. The van der Waals surface area contributed by atoms with Crippen LogP contribution in [0, 0.1) is 11.8 Å². The minimum atomic E-state index is -4.24. The van der Waals surface area contributed by atoms with E-state index in [0.29, 0.717) is 26.0 Å². The fourth-order valence-electron chi connectivity index (χ4n) is 3.26. The van der Waals surface area contributed by atoms with Crippen molar-refractivity contribution in [2.24, 2.45) is 11.8 Å². The summed E-state index contributed by atoms with van der Waals surface area (Å²) in [6, 6.07) is -0.906. The zero-order valence-corrected chi connectivity index (χ0v) is 12.2. The average Bonchev–Trinajstić information content (AvgIpc) is 2.87. The minimum Gasteiger partial charge on any atom is -0.379 e. The Morgan fingerprint density at radius 2 is 1.90 bits per heavy atom. The van der Waals surface area contributed by atoms with Crippen LogP contribution in [0.4, 0.5) is 13.2 Å². The van der Waals surface area contributed by atoms with Crippen molar-refractivity contribution in [2.45, 2.75) is 50.9 Å². The Balaban J connectivity index is 1.97. The van der Waals surface area contributed by atoms with Crippen molar-refractivity contribution in [3.05, 3.63) is 0 Å². The Kier molecular flexibility index (Phi) is 5.48. The van der Waals surface area contributed by atoms with Gasteiger partial charge in [0.1, 0.15) is 0 Å². The highest BCUT2D eigenvalue weighted by Crippen LogP contribution is 2.37. The molecule has 2 aliphatic rings. The first kappa shape index (κ1) is 16.5. The largest absolute Gasteiger partial charge is 0.393 e. The lowest BCUT2D eigenvalue weighted by Gasteiger charge is -2.34. The van der Waals surface area contributed by atoms with E-state index in [-0.39, 0.29) is 25.0 Å². The van der Waals surface area contributed by atoms with Gasteiger partial charge in [0.15, 0.2) is 0 Å². The SMILES string of the molecule is CCNC1COCC1C(=O)NC1CCCCC1C(F)(F)F. The number of hydrogen-bond acceptors (Lipinski definition) is 3. The zero-order chi connectivity index (χ0) is 15.5. The molecule has 2 rings (SSSR count). The lowest BCUT2D eigenvalue weighted by atomic mass is 9.83. The molecule has 0 aromatic heterocycles. The van der Waals surface area contributed by atoms with Crippen LogP contribution in [-0.2, 0) is 9.53 Å². The van der Waals surface area contributed by atoms with E-state index in [4.69, 9.17) is 4.74 Å². The number of alkyl halides is 3. The van der Waals surface area contributed by atoms with Crippen molar-refractivity contribution in [1.82, 2.24) is 10.6 Å². The second-order valence-corrected chi connectivity index (χ2v) is 5.86. The third kappa shape index (κ3) is 4.10. The number of ether oxygens (including phenoxy) is 1. The average molecular weight is 308 g/mol. The topological polar surface area (TPSA) is 50.4 Å². The number of nitrogens with one attached hydrogen (secondary N) is 2. The first-order valence-corrected chi connectivity index (χ1v) is 7.61. The number of amides is 1. The molecule has 2 N–H and O–H groups in total. The molecule has 0 aromatic carbocycles. The molecule has 7 heteroatoms. The highest BCUT2D eigenvalue weighted by molar-refractivity contribution is 5.80. The number of carbonyl (C=O) groups excluding carboxylic acids is 1. The van der Waals surface area contributed by atoms with E-state index in [2.05, 4.69) is 10.6 Å². The summed E-state index contributed by atoms with van der Waals surface area (Å²) >= 11 is 0. The maximum atomic E-state index is 13.0. The molecule has 2 fully saturated rings. The smallest absolute Gasteiger partial charge is 0.379 e. The summed E-state index contributed by atoms with van der Waals surface area (Å²) < 4.78 is 44.4.